The van der Waals surface area contributed by atoms with Gasteiger partial charge in [-0.2, -0.15) is 4.31 Å². The minimum atomic E-state index is -3.61. The molecule has 1 saturated heterocycles. The Balaban J connectivity index is 2.15. The number of ether oxygens (including phenoxy) is 1. The molecule has 21 heavy (non-hydrogen) atoms. The summed E-state index contributed by atoms with van der Waals surface area (Å²) in [5.74, 6) is 0.654. The van der Waals surface area contributed by atoms with Crippen molar-refractivity contribution in [3.8, 4) is 5.75 Å². The van der Waals surface area contributed by atoms with Crippen LogP contribution in [0.15, 0.2) is 29.2 Å². The van der Waals surface area contributed by atoms with Crippen LogP contribution in [0.1, 0.15) is 13.3 Å². The summed E-state index contributed by atoms with van der Waals surface area (Å²) in [5.41, 5.74) is 0. The van der Waals surface area contributed by atoms with Crippen LogP contribution >= 0.6 is 0 Å². The molecule has 1 aliphatic rings. The van der Waals surface area contributed by atoms with E-state index in [1.165, 1.54) is 23.5 Å². The smallest absolute Gasteiger partial charge is 0.243 e. The first-order valence-corrected chi connectivity index (χ1v) is 8.50. The van der Waals surface area contributed by atoms with E-state index in [1.807, 2.05) is 6.92 Å². The Hall–Kier alpha value is -1.15. The molecule has 0 spiro atoms. The van der Waals surface area contributed by atoms with Gasteiger partial charge in [-0.05, 0) is 30.7 Å². The Morgan fingerprint density at radius 3 is 2.52 bits per heavy atom. The van der Waals surface area contributed by atoms with Crippen molar-refractivity contribution < 1.29 is 18.3 Å². The lowest BCUT2D eigenvalue weighted by Crippen LogP contribution is -2.44. The number of benzene rings is 1. The van der Waals surface area contributed by atoms with E-state index < -0.39 is 22.2 Å². The zero-order valence-electron chi connectivity index (χ0n) is 12.3. The quantitative estimate of drug-likeness (QED) is 0.796. The summed E-state index contributed by atoms with van der Waals surface area (Å²) in [4.78, 5) is 0.202. The Morgan fingerprint density at radius 1 is 1.33 bits per heavy atom. The lowest BCUT2D eigenvalue weighted by molar-refractivity contribution is 0.136. The lowest BCUT2D eigenvalue weighted by atomic mass is 10.2. The summed E-state index contributed by atoms with van der Waals surface area (Å²) >= 11 is 0. The van der Waals surface area contributed by atoms with E-state index in [0.29, 0.717) is 25.4 Å². The molecule has 0 unspecified atom stereocenters. The second kappa shape index (κ2) is 6.74. The second-order valence-corrected chi connectivity index (χ2v) is 7.13. The van der Waals surface area contributed by atoms with Gasteiger partial charge in [-0.25, -0.2) is 8.42 Å². The van der Waals surface area contributed by atoms with Crippen LogP contribution in [0, 0.1) is 0 Å². The Labute approximate surface area is 125 Å². The maximum atomic E-state index is 12.5. The first kappa shape index (κ1) is 16.2. The van der Waals surface area contributed by atoms with Crippen LogP contribution in [0.5, 0.6) is 5.75 Å². The van der Waals surface area contributed by atoms with Crippen LogP contribution in [0.25, 0.3) is 0 Å². The molecule has 6 nitrogen and oxygen atoms in total. The molecule has 0 amide bonds. The maximum Gasteiger partial charge on any atom is 0.243 e. The van der Waals surface area contributed by atoms with E-state index >= 15 is 0 Å². The fraction of sp³-hybridized carbons (Fsp3) is 0.571. The fourth-order valence-corrected chi connectivity index (χ4v) is 3.68. The van der Waals surface area contributed by atoms with Crippen molar-refractivity contribution in [2.45, 2.75) is 30.4 Å². The normalized spacial score (nSPS) is 22.7. The van der Waals surface area contributed by atoms with E-state index in [0.717, 1.165) is 6.42 Å². The summed E-state index contributed by atoms with van der Waals surface area (Å²) in [6, 6.07) is 5.93. The van der Waals surface area contributed by atoms with Crippen LogP contribution in [0.4, 0.5) is 0 Å². The van der Waals surface area contributed by atoms with Gasteiger partial charge < -0.3 is 15.2 Å². The third-order valence-electron chi connectivity index (χ3n) is 3.59. The van der Waals surface area contributed by atoms with E-state index in [9.17, 15) is 13.5 Å². The molecule has 0 radical (unpaired) electrons. The number of β-amino-alcohol motifs (C(OH)–C–C–N with tert-alkyl or cyclic N) is 1. The van der Waals surface area contributed by atoms with Gasteiger partial charge in [0, 0.05) is 20.1 Å². The number of hydrogen-bond donors (Lipinski definition) is 2. The highest BCUT2D eigenvalue weighted by molar-refractivity contribution is 7.89. The van der Waals surface area contributed by atoms with Gasteiger partial charge in [-0.15, -0.1) is 0 Å². The number of likely N-dealkylation sites (N-methyl/N-ethyl adjacent to an activating group) is 1. The predicted octanol–water partition coefficient (Wildman–Crippen LogP) is 0.429. The summed E-state index contributed by atoms with van der Waals surface area (Å²) in [6.45, 7) is 3.48. The van der Waals surface area contributed by atoms with Crippen LogP contribution < -0.4 is 10.1 Å². The summed E-state index contributed by atoms with van der Waals surface area (Å²) in [7, 11) is -2.12. The lowest BCUT2D eigenvalue weighted by Gasteiger charge is -2.25. The highest BCUT2D eigenvalue weighted by Crippen LogP contribution is 2.22. The van der Waals surface area contributed by atoms with Crippen molar-refractivity contribution in [1.29, 1.82) is 0 Å². The minimum absolute atomic E-state index is 0.202. The number of rotatable bonds is 6. The second-order valence-electron chi connectivity index (χ2n) is 5.13. The van der Waals surface area contributed by atoms with Gasteiger partial charge in [0.15, 0.2) is 0 Å². The van der Waals surface area contributed by atoms with Gasteiger partial charge in [0.1, 0.15) is 5.75 Å². The SMILES string of the molecule is CCCOc1ccc(S(=O)(=O)N(C)[C@@H]2CNC[C@H]2O)cc1. The van der Waals surface area contributed by atoms with Gasteiger partial charge in [0.05, 0.1) is 23.6 Å². The molecule has 1 aromatic carbocycles. The van der Waals surface area contributed by atoms with Crippen molar-refractivity contribution >= 4 is 10.0 Å². The molecule has 1 aliphatic heterocycles. The van der Waals surface area contributed by atoms with E-state index in [2.05, 4.69) is 5.32 Å². The molecular formula is C14H22N2O4S. The Bertz CT molecular complexity index is 559. The number of aliphatic hydroxyl groups is 1. The molecule has 0 aliphatic carbocycles. The van der Waals surface area contributed by atoms with Crippen LogP contribution in [0.3, 0.4) is 0 Å². The molecular weight excluding hydrogens is 292 g/mol. The van der Waals surface area contributed by atoms with Gasteiger partial charge >= 0.3 is 0 Å². The first-order chi connectivity index (χ1) is 9.96. The first-order valence-electron chi connectivity index (χ1n) is 7.06. The zero-order chi connectivity index (χ0) is 15.5. The third-order valence-corrected chi connectivity index (χ3v) is 5.49. The molecule has 0 aromatic heterocycles. The van der Waals surface area contributed by atoms with Gasteiger partial charge in [0.25, 0.3) is 0 Å². The molecule has 2 N–H and O–H groups in total. The van der Waals surface area contributed by atoms with Crippen molar-refractivity contribution in [1.82, 2.24) is 9.62 Å². The topological polar surface area (TPSA) is 78.9 Å². The van der Waals surface area contributed by atoms with E-state index in [1.54, 1.807) is 12.1 Å². The van der Waals surface area contributed by atoms with Gasteiger partial charge in [-0.1, -0.05) is 6.92 Å². The highest BCUT2D eigenvalue weighted by atomic mass is 32.2. The standard InChI is InChI=1S/C14H22N2O4S/c1-3-8-20-11-4-6-12(7-5-11)21(18,19)16(2)13-9-15-10-14(13)17/h4-7,13-15,17H,3,8-10H2,1-2H3/t13-,14-/m1/s1. The highest BCUT2D eigenvalue weighted by Gasteiger charge is 2.35. The molecule has 2 rings (SSSR count). The van der Waals surface area contributed by atoms with Crippen molar-refractivity contribution in [2.75, 3.05) is 26.7 Å². The third kappa shape index (κ3) is 3.55. The Morgan fingerprint density at radius 2 is 2.00 bits per heavy atom. The van der Waals surface area contributed by atoms with E-state index in [4.69, 9.17) is 4.74 Å². The number of hydrogen-bond acceptors (Lipinski definition) is 5. The maximum absolute atomic E-state index is 12.5. The average Bonchev–Trinajstić information content (AvgIpc) is 2.90. The van der Waals surface area contributed by atoms with Gasteiger partial charge in [0.2, 0.25) is 10.0 Å². The van der Waals surface area contributed by atoms with Crippen LogP contribution in [-0.2, 0) is 10.0 Å². The number of sulfonamides is 1. The van der Waals surface area contributed by atoms with E-state index in [-0.39, 0.29) is 4.90 Å². The monoisotopic (exact) mass is 314 g/mol. The van der Waals surface area contributed by atoms with Crippen molar-refractivity contribution in [3.63, 3.8) is 0 Å². The molecule has 0 saturated carbocycles. The molecule has 118 valence electrons. The van der Waals surface area contributed by atoms with Gasteiger partial charge in [-0.3, -0.25) is 0 Å². The largest absolute Gasteiger partial charge is 0.494 e. The molecule has 1 heterocycles. The molecule has 1 fully saturated rings. The summed E-state index contributed by atoms with van der Waals surface area (Å²) in [6.07, 6.45) is 0.215. The minimum Gasteiger partial charge on any atom is -0.494 e. The fourth-order valence-electron chi connectivity index (χ4n) is 2.29. The molecule has 7 heteroatoms. The summed E-state index contributed by atoms with van der Waals surface area (Å²) < 4.78 is 31.7. The average molecular weight is 314 g/mol. The predicted molar refractivity (Wildman–Crippen MR) is 79.8 cm³/mol. The summed E-state index contributed by atoms with van der Waals surface area (Å²) in [5, 5.41) is 12.8. The number of nitrogens with zero attached hydrogens (tertiary/aromatic N) is 1. The molecule has 0 bridgehead atoms. The van der Waals surface area contributed by atoms with Crippen LogP contribution in [0.2, 0.25) is 0 Å². The Kier molecular flexibility index (Phi) is 5.21. The van der Waals surface area contributed by atoms with Crippen molar-refractivity contribution in [2.24, 2.45) is 0 Å². The van der Waals surface area contributed by atoms with Crippen molar-refractivity contribution in [3.05, 3.63) is 24.3 Å². The van der Waals surface area contributed by atoms with Crippen LogP contribution in [-0.4, -0.2) is 56.7 Å². The number of nitrogens with one attached hydrogen (secondary N) is 1. The molecule has 1 aromatic rings. The number of aliphatic hydroxyl groups excluding tert-OH is 1. The zero-order valence-corrected chi connectivity index (χ0v) is 13.1. The molecule has 2 atom stereocenters.